The Morgan fingerprint density at radius 3 is 2.55 bits per heavy atom. The van der Waals surface area contributed by atoms with Crippen LogP contribution in [0.3, 0.4) is 0 Å². The van der Waals surface area contributed by atoms with Crippen LogP contribution in [0.25, 0.3) is 0 Å². The maximum atomic E-state index is 13.1. The molecule has 2 rings (SSSR count). The van der Waals surface area contributed by atoms with Crippen molar-refractivity contribution < 1.29 is 13.9 Å². The van der Waals surface area contributed by atoms with Gasteiger partial charge in [0.25, 0.3) is 0 Å². The minimum absolute atomic E-state index is 0.278. The highest BCUT2D eigenvalue weighted by molar-refractivity contribution is 7.09. The maximum Gasteiger partial charge on any atom is 0.316 e. The highest BCUT2D eigenvalue weighted by Crippen LogP contribution is 2.31. The summed E-state index contributed by atoms with van der Waals surface area (Å²) in [5.74, 6) is -0.587. The van der Waals surface area contributed by atoms with Crippen molar-refractivity contribution in [3.63, 3.8) is 0 Å². The fourth-order valence-corrected chi connectivity index (χ4v) is 3.02. The summed E-state index contributed by atoms with van der Waals surface area (Å²) >= 11 is 1.60. The van der Waals surface area contributed by atoms with Crippen LogP contribution in [0.5, 0.6) is 0 Å². The van der Waals surface area contributed by atoms with Crippen LogP contribution in [0, 0.1) is 5.82 Å². The van der Waals surface area contributed by atoms with Gasteiger partial charge in [0.2, 0.25) is 0 Å². The number of ether oxygens (including phenoxy) is 1. The first-order valence-electron chi connectivity index (χ1n) is 6.52. The molecule has 0 N–H and O–H groups in total. The standard InChI is InChI=1S/C16H17FO2S/c1-3-19-15(18)16(2,11-14-5-4-10-20-14)12-6-8-13(17)9-7-12/h4-10H,3,11H2,1-2H3. The summed E-state index contributed by atoms with van der Waals surface area (Å²) in [6.07, 6.45) is 0.551. The summed E-state index contributed by atoms with van der Waals surface area (Å²) in [5.41, 5.74) is -0.0278. The van der Waals surface area contributed by atoms with Gasteiger partial charge in [-0.05, 0) is 43.0 Å². The Labute approximate surface area is 122 Å². The summed E-state index contributed by atoms with van der Waals surface area (Å²) in [6, 6.07) is 10.0. The molecule has 0 fully saturated rings. The molecule has 2 aromatic rings. The van der Waals surface area contributed by atoms with E-state index in [-0.39, 0.29) is 11.8 Å². The van der Waals surface area contributed by atoms with Crippen molar-refractivity contribution in [2.24, 2.45) is 0 Å². The summed E-state index contributed by atoms with van der Waals surface area (Å²) in [5, 5.41) is 1.98. The number of hydrogen-bond donors (Lipinski definition) is 0. The molecule has 0 aliphatic heterocycles. The fourth-order valence-electron chi connectivity index (χ4n) is 2.16. The van der Waals surface area contributed by atoms with E-state index in [1.807, 2.05) is 24.4 Å². The number of benzene rings is 1. The van der Waals surface area contributed by atoms with Crippen molar-refractivity contribution in [1.82, 2.24) is 0 Å². The van der Waals surface area contributed by atoms with E-state index in [0.29, 0.717) is 13.0 Å². The van der Waals surface area contributed by atoms with E-state index in [1.54, 1.807) is 30.4 Å². The summed E-state index contributed by atoms with van der Waals surface area (Å²) in [7, 11) is 0. The first kappa shape index (κ1) is 14.7. The molecule has 0 amide bonds. The molecule has 0 aliphatic carbocycles. The lowest BCUT2D eigenvalue weighted by Crippen LogP contribution is -2.36. The number of rotatable bonds is 5. The van der Waals surface area contributed by atoms with Crippen molar-refractivity contribution in [2.75, 3.05) is 6.61 Å². The van der Waals surface area contributed by atoms with Gasteiger partial charge in [0, 0.05) is 11.3 Å². The normalized spacial score (nSPS) is 13.8. The summed E-state index contributed by atoms with van der Waals surface area (Å²) < 4.78 is 18.3. The van der Waals surface area contributed by atoms with Crippen molar-refractivity contribution in [3.05, 3.63) is 58.0 Å². The number of esters is 1. The van der Waals surface area contributed by atoms with E-state index in [2.05, 4.69) is 0 Å². The Bertz CT molecular complexity index is 563. The van der Waals surface area contributed by atoms with Crippen molar-refractivity contribution in [1.29, 1.82) is 0 Å². The minimum Gasteiger partial charge on any atom is -0.465 e. The molecule has 1 atom stereocenters. The van der Waals surface area contributed by atoms with Crippen LogP contribution in [-0.2, 0) is 21.4 Å². The second-order valence-corrected chi connectivity index (χ2v) is 5.85. The molecule has 0 saturated heterocycles. The van der Waals surface area contributed by atoms with Crippen molar-refractivity contribution in [2.45, 2.75) is 25.7 Å². The molecule has 0 radical (unpaired) electrons. The summed E-state index contributed by atoms with van der Waals surface area (Å²) in [6.45, 7) is 3.96. The first-order chi connectivity index (χ1) is 9.56. The zero-order valence-electron chi connectivity index (χ0n) is 11.6. The van der Waals surface area contributed by atoms with Gasteiger partial charge in [-0.3, -0.25) is 4.79 Å². The van der Waals surface area contributed by atoms with Gasteiger partial charge in [0.1, 0.15) is 5.82 Å². The molecule has 20 heavy (non-hydrogen) atoms. The maximum absolute atomic E-state index is 13.1. The molecule has 0 aliphatic rings. The third-order valence-corrected chi connectivity index (χ3v) is 4.19. The smallest absolute Gasteiger partial charge is 0.316 e. The Hall–Kier alpha value is -1.68. The lowest BCUT2D eigenvalue weighted by Gasteiger charge is -2.27. The number of carbonyl (C=O) groups excluding carboxylic acids is 1. The van der Waals surface area contributed by atoms with Crippen LogP contribution >= 0.6 is 11.3 Å². The van der Waals surface area contributed by atoms with E-state index < -0.39 is 5.41 Å². The SMILES string of the molecule is CCOC(=O)C(C)(Cc1cccs1)c1ccc(F)cc1. The Morgan fingerprint density at radius 1 is 1.30 bits per heavy atom. The molecule has 1 unspecified atom stereocenters. The van der Waals surface area contributed by atoms with Gasteiger partial charge in [-0.2, -0.15) is 0 Å². The molecule has 1 heterocycles. The number of carbonyl (C=O) groups is 1. The second-order valence-electron chi connectivity index (χ2n) is 4.82. The minimum atomic E-state index is -0.797. The zero-order valence-corrected chi connectivity index (χ0v) is 12.4. The highest BCUT2D eigenvalue weighted by Gasteiger charge is 2.37. The topological polar surface area (TPSA) is 26.3 Å². The molecular formula is C16H17FO2S. The van der Waals surface area contributed by atoms with E-state index in [0.717, 1.165) is 10.4 Å². The molecule has 0 spiro atoms. The monoisotopic (exact) mass is 292 g/mol. The zero-order chi connectivity index (χ0) is 14.6. The van der Waals surface area contributed by atoms with Crippen molar-refractivity contribution in [3.8, 4) is 0 Å². The van der Waals surface area contributed by atoms with Gasteiger partial charge in [-0.15, -0.1) is 11.3 Å². The van der Waals surface area contributed by atoms with E-state index in [9.17, 15) is 9.18 Å². The van der Waals surface area contributed by atoms with E-state index in [1.165, 1.54) is 12.1 Å². The molecule has 0 saturated carbocycles. The third-order valence-electron chi connectivity index (χ3n) is 3.32. The van der Waals surface area contributed by atoms with E-state index in [4.69, 9.17) is 4.74 Å². The number of halogens is 1. The van der Waals surface area contributed by atoms with Gasteiger partial charge in [-0.1, -0.05) is 18.2 Å². The third kappa shape index (κ3) is 3.07. The molecule has 1 aromatic heterocycles. The number of hydrogen-bond acceptors (Lipinski definition) is 3. The molecular weight excluding hydrogens is 275 g/mol. The Balaban J connectivity index is 2.37. The van der Waals surface area contributed by atoms with Crippen LogP contribution in [0.2, 0.25) is 0 Å². The van der Waals surface area contributed by atoms with Gasteiger partial charge in [0.15, 0.2) is 0 Å². The van der Waals surface area contributed by atoms with Gasteiger partial charge in [-0.25, -0.2) is 4.39 Å². The highest BCUT2D eigenvalue weighted by atomic mass is 32.1. The quantitative estimate of drug-likeness (QED) is 0.780. The Morgan fingerprint density at radius 2 is 2.00 bits per heavy atom. The van der Waals surface area contributed by atoms with Crippen molar-refractivity contribution >= 4 is 17.3 Å². The first-order valence-corrected chi connectivity index (χ1v) is 7.40. The number of thiophene rings is 1. The van der Waals surface area contributed by atoms with Crippen LogP contribution in [0.4, 0.5) is 4.39 Å². The van der Waals surface area contributed by atoms with Crippen LogP contribution in [-0.4, -0.2) is 12.6 Å². The van der Waals surface area contributed by atoms with Gasteiger partial charge < -0.3 is 4.74 Å². The van der Waals surface area contributed by atoms with Crippen LogP contribution in [0.15, 0.2) is 41.8 Å². The van der Waals surface area contributed by atoms with Gasteiger partial charge in [0.05, 0.1) is 12.0 Å². The van der Waals surface area contributed by atoms with Gasteiger partial charge >= 0.3 is 5.97 Å². The second kappa shape index (κ2) is 6.18. The largest absolute Gasteiger partial charge is 0.465 e. The molecule has 0 bridgehead atoms. The average molecular weight is 292 g/mol. The fraction of sp³-hybridized carbons (Fsp3) is 0.312. The predicted molar refractivity (Wildman–Crippen MR) is 78.4 cm³/mol. The molecule has 106 valence electrons. The Kier molecular flexibility index (Phi) is 4.55. The van der Waals surface area contributed by atoms with Crippen LogP contribution in [0.1, 0.15) is 24.3 Å². The predicted octanol–water partition coefficient (Wildman–Crippen LogP) is 3.95. The molecule has 1 aromatic carbocycles. The molecule has 2 nitrogen and oxygen atoms in total. The van der Waals surface area contributed by atoms with Crippen LogP contribution < -0.4 is 0 Å². The average Bonchev–Trinajstić information content (AvgIpc) is 2.92. The molecule has 4 heteroatoms. The van der Waals surface area contributed by atoms with E-state index >= 15 is 0 Å². The summed E-state index contributed by atoms with van der Waals surface area (Å²) in [4.78, 5) is 13.5. The lowest BCUT2D eigenvalue weighted by atomic mass is 9.79. The lowest BCUT2D eigenvalue weighted by molar-refractivity contribution is -0.149.